The van der Waals surface area contributed by atoms with Crippen LogP contribution < -0.4 is 5.32 Å². The molecule has 0 bridgehead atoms. The molecule has 0 saturated heterocycles. The predicted octanol–water partition coefficient (Wildman–Crippen LogP) is 3.89. The average molecular weight is 390 g/mol. The van der Waals surface area contributed by atoms with Crippen LogP contribution in [0.25, 0.3) is 6.08 Å². The van der Waals surface area contributed by atoms with Crippen molar-refractivity contribution in [1.82, 2.24) is 5.32 Å². The molecule has 0 heterocycles. The Balaban J connectivity index is 2.04. The number of benzene rings is 2. The average Bonchev–Trinajstić information content (AvgIpc) is 2.61. The molecule has 5 nitrogen and oxygen atoms in total. The molecule has 0 aromatic heterocycles. The molecule has 0 aliphatic rings. The predicted molar refractivity (Wildman–Crippen MR) is 93.9 cm³/mol. The van der Waals surface area contributed by atoms with E-state index in [1.54, 1.807) is 12.1 Å². The van der Waals surface area contributed by atoms with Crippen molar-refractivity contribution in [2.24, 2.45) is 0 Å². The lowest BCUT2D eigenvalue weighted by atomic mass is 10.2. The van der Waals surface area contributed by atoms with E-state index < -0.39 is 12.1 Å². The van der Waals surface area contributed by atoms with Gasteiger partial charge in [-0.3, -0.25) is 5.32 Å². The van der Waals surface area contributed by atoms with Crippen molar-refractivity contribution in [3.63, 3.8) is 0 Å². The number of halogens is 1. The van der Waals surface area contributed by atoms with Crippen LogP contribution in [0.5, 0.6) is 0 Å². The molecule has 2 aromatic carbocycles. The first-order valence-electron chi connectivity index (χ1n) is 7.12. The Kier molecular flexibility index (Phi) is 6.57. The van der Waals surface area contributed by atoms with Crippen molar-refractivity contribution in [3.05, 3.63) is 75.9 Å². The first kappa shape index (κ1) is 17.7. The summed E-state index contributed by atoms with van der Waals surface area (Å²) in [6.45, 7) is 0.111. The van der Waals surface area contributed by atoms with Crippen LogP contribution in [0.2, 0.25) is 0 Å². The van der Waals surface area contributed by atoms with Gasteiger partial charge in [0.2, 0.25) is 0 Å². The number of amides is 1. The Morgan fingerprint density at radius 1 is 1.08 bits per heavy atom. The van der Waals surface area contributed by atoms with Crippen LogP contribution in [0.15, 0.2) is 64.8 Å². The minimum atomic E-state index is -0.729. The Morgan fingerprint density at radius 2 is 1.75 bits per heavy atom. The lowest BCUT2D eigenvalue weighted by molar-refractivity contribution is -0.136. The summed E-state index contributed by atoms with van der Waals surface area (Å²) in [5.41, 5.74) is 1.59. The summed E-state index contributed by atoms with van der Waals surface area (Å²) >= 11 is 3.34. The Labute approximate surface area is 148 Å². The molecule has 0 aliphatic carbocycles. The topological polar surface area (TPSA) is 64.6 Å². The van der Waals surface area contributed by atoms with Crippen LogP contribution in [0.4, 0.5) is 4.79 Å². The van der Waals surface area contributed by atoms with Crippen molar-refractivity contribution in [1.29, 1.82) is 0 Å². The fraction of sp³-hybridized carbons (Fsp3) is 0.111. The first-order valence-corrected chi connectivity index (χ1v) is 7.91. The van der Waals surface area contributed by atoms with E-state index in [-0.39, 0.29) is 12.3 Å². The molecule has 2 aromatic rings. The van der Waals surface area contributed by atoms with Crippen LogP contribution >= 0.6 is 15.9 Å². The molecule has 6 heteroatoms. The van der Waals surface area contributed by atoms with Gasteiger partial charge in [0, 0.05) is 4.47 Å². The molecule has 124 valence electrons. The van der Waals surface area contributed by atoms with Crippen molar-refractivity contribution < 1.29 is 19.1 Å². The minimum Gasteiger partial charge on any atom is -0.464 e. The van der Waals surface area contributed by atoms with Gasteiger partial charge in [0.05, 0.1) is 7.11 Å². The zero-order valence-electron chi connectivity index (χ0n) is 13.0. The van der Waals surface area contributed by atoms with Gasteiger partial charge >= 0.3 is 12.1 Å². The fourth-order valence-corrected chi connectivity index (χ4v) is 2.12. The standard InChI is InChI=1S/C18H16BrNO4/c1-23-17(21)16(11-13-7-9-15(19)10-8-13)20-18(22)24-12-14-5-3-2-4-6-14/h2-11H,12H2,1H3,(H,20,22)/b16-11-. The van der Waals surface area contributed by atoms with E-state index in [1.165, 1.54) is 13.2 Å². The summed E-state index contributed by atoms with van der Waals surface area (Å²) in [5, 5.41) is 2.41. The van der Waals surface area contributed by atoms with Crippen molar-refractivity contribution in [2.75, 3.05) is 7.11 Å². The van der Waals surface area contributed by atoms with E-state index >= 15 is 0 Å². The van der Waals surface area contributed by atoms with Crippen LogP contribution in [-0.4, -0.2) is 19.2 Å². The van der Waals surface area contributed by atoms with Gasteiger partial charge in [0.1, 0.15) is 12.3 Å². The van der Waals surface area contributed by atoms with Crippen LogP contribution in [-0.2, 0) is 20.9 Å². The minimum absolute atomic E-state index is 0.00196. The zero-order chi connectivity index (χ0) is 17.4. The van der Waals surface area contributed by atoms with Gasteiger partial charge in [-0.2, -0.15) is 0 Å². The number of rotatable bonds is 5. The summed E-state index contributed by atoms with van der Waals surface area (Å²) in [4.78, 5) is 23.7. The third-order valence-electron chi connectivity index (χ3n) is 3.04. The van der Waals surface area contributed by atoms with E-state index in [1.807, 2.05) is 42.5 Å². The molecule has 0 saturated carbocycles. The van der Waals surface area contributed by atoms with Gasteiger partial charge in [0.25, 0.3) is 0 Å². The molecule has 0 spiro atoms. The smallest absolute Gasteiger partial charge is 0.412 e. The highest BCUT2D eigenvalue weighted by Crippen LogP contribution is 2.13. The molecule has 0 radical (unpaired) electrons. The van der Waals surface area contributed by atoms with E-state index in [0.717, 1.165) is 15.6 Å². The normalized spacial score (nSPS) is 10.8. The molecule has 1 N–H and O–H groups in total. The Morgan fingerprint density at radius 3 is 2.38 bits per heavy atom. The van der Waals surface area contributed by atoms with Gasteiger partial charge in [-0.15, -0.1) is 0 Å². The molecular formula is C18H16BrNO4. The quantitative estimate of drug-likeness (QED) is 0.622. The summed E-state index contributed by atoms with van der Waals surface area (Å²) < 4.78 is 10.7. The molecule has 24 heavy (non-hydrogen) atoms. The Hall–Kier alpha value is -2.60. The maximum absolute atomic E-state index is 11.9. The number of esters is 1. The third-order valence-corrected chi connectivity index (χ3v) is 3.56. The maximum Gasteiger partial charge on any atom is 0.412 e. The maximum atomic E-state index is 11.9. The number of carbonyl (C=O) groups is 2. The number of carbonyl (C=O) groups excluding carboxylic acids is 2. The number of ether oxygens (including phenoxy) is 2. The van der Waals surface area contributed by atoms with Gasteiger partial charge in [0.15, 0.2) is 0 Å². The van der Waals surface area contributed by atoms with Crippen molar-refractivity contribution in [3.8, 4) is 0 Å². The number of methoxy groups -OCH3 is 1. The van der Waals surface area contributed by atoms with E-state index in [2.05, 4.69) is 26.0 Å². The highest BCUT2D eigenvalue weighted by Gasteiger charge is 2.14. The fourth-order valence-electron chi connectivity index (χ4n) is 1.85. The SMILES string of the molecule is COC(=O)/C(=C/c1ccc(Br)cc1)NC(=O)OCc1ccccc1. The number of hydrogen-bond donors (Lipinski definition) is 1. The van der Waals surface area contributed by atoms with Crippen LogP contribution in [0, 0.1) is 0 Å². The molecule has 2 rings (SSSR count). The van der Waals surface area contributed by atoms with E-state index in [0.29, 0.717) is 0 Å². The summed E-state index contributed by atoms with van der Waals surface area (Å²) in [6.07, 6.45) is 0.787. The number of alkyl carbamates (subject to hydrolysis) is 1. The Bertz CT molecular complexity index is 726. The molecule has 0 fully saturated rings. The number of hydrogen-bond acceptors (Lipinski definition) is 4. The second-order valence-electron chi connectivity index (χ2n) is 4.79. The molecule has 1 amide bonds. The molecular weight excluding hydrogens is 374 g/mol. The van der Waals surface area contributed by atoms with Gasteiger partial charge in [-0.1, -0.05) is 58.4 Å². The lowest BCUT2D eigenvalue weighted by Crippen LogP contribution is -2.28. The van der Waals surface area contributed by atoms with Crippen LogP contribution in [0.3, 0.4) is 0 Å². The van der Waals surface area contributed by atoms with Gasteiger partial charge < -0.3 is 9.47 Å². The molecule has 0 aliphatic heterocycles. The monoisotopic (exact) mass is 389 g/mol. The van der Waals surface area contributed by atoms with E-state index in [4.69, 9.17) is 4.74 Å². The second-order valence-corrected chi connectivity index (χ2v) is 5.70. The first-order chi connectivity index (χ1) is 11.6. The zero-order valence-corrected chi connectivity index (χ0v) is 14.6. The van der Waals surface area contributed by atoms with Gasteiger partial charge in [-0.25, -0.2) is 9.59 Å². The summed E-state index contributed by atoms with van der Waals surface area (Å²) in [5.74, 6) is -0.658. The van der Waals surface area contributed by atoms with Crippen molar-refractivity contribution in [2.45, 2.75) is 6.61 Å². The third kappa shape index (κ3) is 5.55. The second kappa shape index (κ2) is 8.88. The van der Waals surface area contributed by atoms with Gasteiger partial charge in [-0.05, 0) is 29.3 Å². The molecule has 0 atom stereocenters. The lowest BCUT2D eigenvalue weighted by Gasteiger charge is -2.09. The van der Waals surface area contributed by atoms with Crippen molar-refractivity contribution >= 4 is 34.1 Å². The highest BCUT2D eigenvalue weighted by atomic mass is 79.9. The summed E-state index contributed by atoms with van der Waals surface area (Å²) in [6, 6.07) is 16.5. The number of nitrogens with one attached hydrogen (secondary N) is 1. The van der Waals surface area contributed by atoms with E-state index in [9.17, 15) is 9.59 Å². The highest BCUT2D eigenvalue weighted by molar-refractivity contribution is 9.10. The van der Waals surface area contributed by atoms with Crippen LogP contribution in [0.1, 0.15) is 11.1 Å². The molecule has 0 unspecified atom stereocenters. The largest absolute Gasteiger partial charge is 0.464 e. The summed E-state index contributed by atoms with van der Waals surface area (Å²) in [7, 11) is 1.24.